The van der Waals surface area contributed by atoms with E-state index in [1.165, 1.54) is 24.3 Å². The molecule has 0 aliphatic carbocycles. The van der Waals surface area contributed by atoms with Gasteiger partial charge in [0.25, 0.3) is 0 Å². The Morgan fingerprint density at radius 3 is 2.21 bits per heavy atom. The summed E-state index contributed by atoms with van der Waals surface area (Å²) in [7, 11) is 0. The molecule has 0 saturated heterocycles. The Balaban J connectivity index is 2.08. The molecule has 0 amide bonds. The van der Waals surface area contributed by atoms with Gasteiger partial charge in [0.15, 0.2) is 5.71 Å². The lowest BCUT2D eigenvalue weighted by molar-refractivity contribution is -0.250. The molecular formula is C22H19Cl2F3N2O4. The van der Waals surface area contributed by atoms with Crippen LogP contribution in [-0.4, -0.2) is 34.4 Å². The van der Waals surface area contributed by atoms with Gasteiger partial charge in [-0.05, 0) is 63.6 Å². The number of alkyl halides is 3. The second-order valence-electron chi connectivity index (χ2n) is 8.35. The molecule has 11 heteroatoms. The minimum absolute atomic E-state index is 0.0759. The first kappa shape index (κ1) is 24.9. The molecule has 0 radical (unpaired) electrons. The first-order chi connectivity index (χ1) is 15.2. The lowest BCUT2D eigenvalue weighted by Crippen LogP contribution is -2.50. The molecule has 3 rings (SSSR count). The highest BCUT2D eigenvalue weighted by Crippen LogP contribution is 2.48. The third kappa shape index (κ3) is 4.65. The number of hydrogen-bond donors (Lipinski definition) is 1. The molecule has 176 valence electrons. The lowest BCUT2D eigenvalue weighted by atomic mass is 9.84. The number of hydrogen-bond acceptors (Lipinski definition) is 6. The molecule has 6 nitrogen and oxygen atoms in total. The first-order valence-electron chi connectivity index (χ1n) is 9.56. The predicted octanol–water partition coefficient (Wildman–Crippen LogP) is 6.28. The zero-order valence-electron chi connectivity index (χ0n) is 17.9. The van der Waals surface area contributed by atoms with Crippen molar-refractivity contribution >= 4 is 40.6 Å². The normalized spacial score (nSPS) is 19.9. The number of nitrogens with zero attached hydrogens (tertiary/aromatic N) is 2. The molecule has 1 atom stereocenters. The van der Waals surface area contributed by atoms with Gasteiger partial charge in [0.05, 0.1) is 5.56 Å². The molecule has 1 heterocycles. The molecule has 1 N–H and O–H groups in total. The van der Waals surface area contributed by atoms with E-state index in [0.29, 0.717) is 5.56 Å². The summed E-state index contributed by atoms with van der Waals surface area (Å²) >= 11 is 11.8. The number of halogens is 5. The van der Waals surface area contributed by atoms with E-state index < -0.39 is 34.6 Å². The average molecular weight is 503 g/mol. The SMILES string of the molecule is Cc1cc(C2=NOC(c3cc(Cl)cc(Cl)c3)(C(F)(F)F)C2=NO)ccc1C(=O)OC(C)(C)C. The van der Waals surface area contributed by atoms with Crippen LogP contribution in [0.1, 0.15) is 47.8 Å². The zero-order chi connectivity index (χ0) is 24.8. The Labute approximate surface area is 197 Å². The standard InChI is InChI=1S/C22H19Cl2F3N2O4/c1-11-7-12(5-6-16(11)19(30)32-20(2,3)4)17-18(28-31)21(33-29-17,22(25,26)27)13-8-14(23)10-15(24)9-13/h5-10,31H,1-4H3. The van der Waals surface area contributed by atoms with Crippen LogP contribution >= 0.6 is 23.2 Å². The quantitative estimate of drug-likeness (QED) is 0.304. The van der Waals surface area contributed by atoms with E-state index in [9.17, 15) is 23.2 Å². The van der Waals surface area contributed by atoms with Crippen molar-refractivity contribution in [3.8, 4) is 0 Å². The van der Waals surface area contributed by atoms with Crippen LogP contribution in [0.25, 0.3) is 0 Å². The number of carbonyl (C=O) groups is 1. The number of oxime groups is 2. The summed E-state index contributed by atoms with van der Waals surface area (Å²) < 4.78 is 48.4. The van der Waals surface area contributed by atoms with Gasteiger partial charge in [0, 0.05) is 21.2 Å². The van der Waals surface area contributed by atoms with Crippen LogP contribution in [0.4, 0.5) is 13.2 Å². The maximum absolute atomic E-state index is 14.4. The fourth-order valence-electron chi connectivity index (χ4n) is 3.34. The Morgan fingerprint density at radius 2 is 1.73 bits per heavy atom. The van der Waals surface area contributed by atoms with Crippen molar-refractivity contribution in [1.29, 1.82) is 0 Å². The zero-order valence-corrected chi connectivity index (χ0v) is 19.4. The van der Waals surface area contributed by atoms with Crippen molar-refractivity contribution < 1.29 is 32.7 Å². The summed E-state index contributed by atoms with van der Waals surface area (Å²) in [6.45, 7) is 6.72. The van der Waals surface area contributed by atoms with Crippen LogP contribution < -0.4 is 0 Å². The van der Waals surface area contributed by atoms with Gasteiger partial charge in [-0.1, -0.05) is 39.6 Å². The number of aryl methyl sites for hydroxylation is 1. The highest BCUT2D eigenvalue weighted by Gasteiger charge is 2.67. The van der Waals surface area contributed by atoms with Gasteiger partial charge in [0.1, 0.15) is 11.3 Å². The van der Waals surface area contributed by atoms with Crippen LogP contribution in [0.5, 0.6) is 0 Å². The van der Waals surface area contributed by atoms with Gasteiger partial charge >= 0.3 is 17.7 Å². The van der Waals surface area contributed by atoms with Crippen molar-refractivity contribution in [2.24, 2.45) is 10.3 Å². The van der Waals surface area contributed by atoms with Crippen molar-refractivity contribution in [2.45, 2.75) is 45.1 Å². The summed E-state index contributed by atoms with van der Waals surface area (Å²) in [5.41, 5.74) is -5.00. The molecule has 1 unspecified atom stereocenters. The molecule has 33 heavy (non-hydrogen) atoms. The van der Waals surface area contributed by atoms with Gasteiger partial charge in [0.2, 0.25) is 0 Å². The Kier molecular flexibility index (Phi) is 6.43. The van der Waals surface area contributed by atoms with Gasteiger partial charge < -0.3 is 14.8 Å². The van der Waals surface area contributed by atoms with Crippen LogP contribution in [0.15, 0.2) is 46.7 Å². The van der Waals surface area contributed by atoms with E-state index >= 15 is 0 Å². The number of ether oxygens (including phenoxy) is 1. The third-order valence-electron chi connectivity index (χ3n) is 4.72. The third-order valence-corrected chi connectivity index (χ3v) is 5.16. The lowest BCUT2D eigenvalue weighted by Gasteiger charge is -2.29. The predicted molar refractivity (Wildman–Crippen MR) is 117 cm³/mol. The average Bonchev–Trinajstić information content (AvgIpc) is 3.06. The highest BCUT2D eigenvalue weighted by molar-refractivity contribution is 6.51. The second-order valence-corrected chi connectivity index (χ2v) is 9.22. The van der Waals surface area contributed by atoms with Crippen molar-refractivity contribution in [1.82, 2.24) is 0 Å². The summed E-state index contributed by atoms with van der Waals surface area (Å²) in [5, 5.41) is 16.0. The summed E-state index contributed by atoms with van der Waals surface area (Å²) in [6, 6.07) is 7.42. The Bertz CT molecular complexity index is 1150. The van der Waals surface area contributed by atoms with Gasteiger partial charge in [-0.3, -0.25) is 0 Å². The molecule has 0 saturated carbocycles. The minimum atomic E-state index is -5.10. The molecule has 0 bridgehead atoms. The first-order valence-corrected chi connectivity index (χ1v) is 10.3. The van der Waals surface area contributed by atoms with E-state index in [1.807, 2.05) is 0 Å². The molecule has 2 aromatic rings. The number of rotatable bonds is 3. The highest BCUT2D eigenvalue weighted by atomic mass is 35.5. The van der Waals surface area contributed by atoms with Gasteiger partial charge in [-0.15, -0.1) is 0 Å². The van der Waals surface area contributed by atoms with Gasteiger partial charge in [-0.2, -0.15) is 13.2 Å². The maximum atomic E-state index is 14.4. The topological polar surface area (TPSA) is 80.5 Å². The van der Waals surface area contributed by atoms with E-state index in [1.54, 1.807) is 27.7 Å². The Hall–Kier alpha value is -2.78. The van der Waals surface area contributed by atoms with Gasteiger partial charge in [-0.25, -0.2) is 4.79 Å². The van der Waals surface area contributed by atoms with Crippen molar-refractivity contribution in [2.75, 3.05) is 0 Å². The fraction of sp³-hybridized carbons (Fsp3) is 0.318. The summed E-state index contributed by atoms with van der Waals surface area (Å²) in [4.78, 5) is 17.3. The van der Waals surface area contributed by atoms with Crippen molar-refractivity contribution in [3.05, 3.63) is 68.7 Å². The number of carbonyl (C=O) groups excluding carboxylic acids is 1. The molecule has 2 aromatic carbocycles. The molecule has 0 spiro atoms. The Morgan fingerprint density at radius 1 is 1.12 bits per heavy atom. The second kappa shape index (κ2) is 8.53. The van der Waals surface area contributed by atoms with Crippen LogP contribution in [-0.2, 0) is 15.2 Å². The molecule has 1 aliphatic rings. The fourth-order valence-corrected chi connectivity index (χ4v) is 3.87. The molecule has 0 fully saturated rings. The smallest absolute Gasteiger partial charge is 0.441 e. The van der Waals surface area contributed by atoms with Crippen molar-refractivity contribution in [3.63, 3.8) is 0 Å². The van der Waals surface area contributed by atoms with Crippen LogP contribution in [0.2, 0.25) is 10.0 Å². The van der Waals surface area contributed by atoms with Crippen LogP contribution in [0, 0.1) is 6.92 Å². The molecule has 0 aromatic heterocycles. The van der Waals surface area contributed by atoms with E-state index in [-0.39, 0.29) is 26.9 Å². The minimum Gasteiger partial charge on any atom is -0.456 e. The largest absolute Gasteiger partial charge is 0.456 e. The number of benzene rings is 2. The van der Waals surface area contributed by atoms with Crippen LogP contribution in [0.3, 0.4) is 0 Å². The molecular weight excluding hydrogens is 484 g/mol. The summed E-state index contributed by atoms with van der Waals surface area (Å²) in [5.74, 6) is -0.592. The summed E-state index contributed by atoms with van der Waals surface area (Å²) in [6.07, 6.45) is -5.10. The van der Waals surface area contributed by atoms with E-state index in [2.05, 4.69) is 10.3 Å². The van der Waals surface area contributed by atoms with E-state index in [0.717, 1.165) is 12.1 Å². The maximum Gasteiger partial charge on any atom is 0.441 e. The van der Waals surface area contributed by atoms with E-state index in [4.69, 9.17) is 32.8 Å². The number of esters is 1. The monoisotopic (exact) mass is 502 g/mol. The molecule has 1 aliphatic heterocycles.